The van der Waals surface area contributed by atoms with Crippen molar-refractivity contribution < 1.29 is 18.8 Å². The number of benzene rings is 3. The Labute approximate surface area is 238 Å². The molecule has 3 amide bonds. The van der Waals surface area contributed by atoms with Crippen LogP contribution in [0.15, 0.2) is 93.2 Å². The molecule has 0 aliphatic carbocycles. The molecule has 4 aromatic rings. The number of thiazole rings is 1. The minimum atomic E-state index is -0.765. The molecule has 2 unspecified atom stereocenters. The molecule has 0 bridgehead atoms. The van der Waals surface area contributed by atoms with E-state index in [0.717, 1.165) is 33.1 Å². The van der Waals surface area contributed by atoms with Crippen LogP contribution in [-0.2, 0) is 20.9 Å². The average Bonchev–Trinajstić information content (AvgIpc) is 3.37. The molecule has 1 fully saturated rings. The average molecular weight is 625 g/mol. The molecule has 1 aromatic heterocycles. The number of nitrogens with zero attached hydrogens (tertiary/aromatic N) is 2. The molecule has 6 rings (SSSR count). The van der Waals surface area contributed by atoms with E-state index in [1.165, 1.54) is 33.7 Å². The van der Waals surface area contributed by atoms with Crippen molar-refractivity contribution in [2.45, 2.75) is 22.7 Å². The lowest BCUT2D eigenvalue weighted by atomic mass is 9.83. The van der Waals surface area contributed by atoms with Crippen molar-refractivity contribution in [2.24, 2.45) is 5.92 Å². The van der Waals surface area contributed by atoms with Crippen LogP contribution in [0.1, 0.15) is 16.4 Å². The third kappa shape index (κ3) is 4.64. The number of hydrogen-bond donors (Lipinski definition) is 1. The first-order valence-electron chi connectivity index (χ1n) is 12.0. The predicted molar refractivity (Wildman–Crippen MR) is 152 cm³/mol. The Morgan fingerprint density at radius 3 is 2.31 bits per heavy atom. The molecular formula is C28H19BrFN3O4S2. The molecule has 0 saturated carbocycles. The van der Waals surface area contributed by atoms with E-state index in [-0.39, 0.29) is 23.2 Å². The molecule has 3 atom stereocenters. The van der Waals surface area contributed by atoms with Gasteiger partial charge in [0, 0.05) is 21.0 Å². The fraction of sp³-hybridized carbons (Fsp3) is 0.143. The Bertz CT molecular complexity index is 1660. The standard InChI is InChI=1S/C28H19BrFN3O4S2/c29-16-6-12-19(13-7-16)33-25(35)22-21(15-4-2-1-3-5-15)24-27(38-23(22)26(33)36)32(28(37)39-24)14-20(34)31-18-10-8-17(30)9-11-18/h1-13,21-23H,14H2,(H,31,34)/t21-,22?,23?/m1/s1. The maximum Gasteiger partial charge on any atom is 0.308 e. The van der Waals surface area contributed by atoms with Crippen molar-refractivity contribution >= 4 is 68.1 Å². The molecule has 39 heavy (non-hydrogen) atoms. The molecule has 1 N–H and O–H groups in total. The maximum absolute atomic E-state index is 13.8. The van der Waals surface area contributed by atoms with Crippen LogP contribution in [-0.4, -0.2) is 27.5 Å². The van der Waals surface area contributed by atoms with Gasteiger partial charge in [-0.25, -0.2) is 9.29 Å². The van der Waals surface area contributed by atoms with Gasteiger partial charge in [0.15, 0.2) is 0 Å². The van der Waals surface area contributed by atoms with Gasteiger partial charge in [-0.15, -0.1) is 0 Å². The molecule has 11 heteroatoms. The third-order valence-corrected chi connectivity index (χ3v) is 9.85. The first-order valence-corrected chi connectivity index (χ1v) is 14.4. The SMILES string of the molecule is O=C(Cn1c2c(sc1=O)[C@H](c1ccccc1)C1C(=O)N(c3ccc(Br)cc3)C(=O)C1S2)Nc1ccc(F)cc1. The summed E-state index contributed by atoms with van der Waals surface area (Å²) in [6.45, 7) is -0.285. The van der Waals surface area contributed by atoms with Gasteiger partial charge in [-0.3, -0.25) is 23.7 Å². The van der Waals surface area contributed by atoms with Crippen LogP contribution in [0, 0.1) is 11.7 Å². The van der Waals surface area contributed by atoms with Gasteiger partial charge < -0.3 is 5.32 Å². The first-order chi connectivity index (χ1) is 18.8. The largest absolute Gasteiger partial charge is 0.325 e. The van der Waals surface area contributed by atoms with Crippen LogP contribution >= 0.6 is 39.0 Å². The monoisotopic (exact) mass is 623 g/mol. The molecule has 7 nitrogen and oxygen atoms in total. The van der Waals surface area contributed by atoms with Gasteiger partial charge in [-0.05, 0) is 54.1 Å². The summed E-state index contributed by atoms with van der Waals surface area (Å²) in [6, 6.07) is 21.6. The van der Waals surface area contributed by atoms with Crippen LogP contribution in [0.4, 0.5) is 15.8 Å². The summed E-state index contributed by atoms with van der Waals surface area (Å²) in [4.78, 5) is 55.1. The number of anilines is 2. The summed E-state index contributed by atoms with van der Waals surface area (Å²) in [5.74, 6) is -2.80. The highest BCUT2D eigenvalue weighted by Crippen LogP contribution is 2.53. The quantitative estimate of drug-likeness (QED) is 0.307. The van der Waals surface area contributed by atoms with E-state index >= 15 is 0 Å². The van der Waals surface area contributed by atoms with E-state index in [1.54, 1.807) is 24.3 Å². The van der Waals surface area contributed by atoms with Crippen LogP contribution < -0.4 is 15.1 Å². The molecular weight excluding hydrogens is 605 g/mol. The number of rotatable bonds is 5. The Balaban J connectivity index is 1.39. The highest BCUT2D eigenvalue weighted by molar-refractivity contribution is 9.10. The lowest BCUT2D eigenvalue weighted by Gasteiger charge is -2.30. The van der Waals surface area contributed by atoms with Crippen molar-refractivity contribution in [1.82, 2.24) is 4.57 Å². The van der Waals surface area contributed by atoms with E-state index in [1.807, 2.05) is 30.3 Å². The summed E-state index contributed by atoms with van der Waals surface area (Å²) in [5.41, 5.74) is 1.70. The number of imide groups is 1. The first kappa shape index (κ1) is 25.7. The molecule has 196 valence electrons. The number of amides is 3. The Morgan fingerprint density at radius 1 is 0.923 bits per heavy atom. The summed E-state index contributed by atoms with van der Waals surface area (Å²) in [7, 11) is 0. The van der Waals surface area contributed by atoms with E-state index in [9.17, 15) is 23.6 Å². The molecule has 1 saturated heterocycles. The van der Waals surface area contributed by atoms with Crippen molar-refractivity contribution in [1.29, 1.82) is 0 Å². The number of fused-ring (bicyclic) bond motifs is 2. The van der Waals surface area contributed by atoms with Gasteiger partial charge in [-0.2, -0.15) is 0 Å². The van der Waals surface area contributed by atoms with Crippen LogP contribution in [0.2, 0.25) is 0 Å². The second-order valence-electron chi connectivity index (χ2n) is 9.12. The second kappa shape index (κ2) is 10.2. The number of carbonyl (C=O) groups excluding carboxylic acids is 3. The number of halogens is 2. The number of aromatic nitrogens is 1. The minimum Gasteiger partial charge on any atom is -0.325 e. The van der Waals surface area contributed by atoms with Crippen molar-refractivity contribution in [2.75, 3.05) is 10.2 Å². The maximum atomic E-state index is 13.8. The summed E-state index contributed by atoms with van der Waals surface area (Å²) in [5, 5.41) is 2.42. The fourth-order valence-electron chi connectivity index (χ4n) is 5.00. The third-order valence-electron chi connectivity index (χ3n) is 6.72. The van der Waals surface area contributed by atoms with E-state index in [2.05, 4.69) is 21.2 Å². The number of nitrogens with one attached hydrogen (secondary N) is 1. The fourth-order valence-corrected chi connectivity index (χ4v) is 8.03. The van der Waals surface area contributed by atoms with Gasteiger partial charge in [0.2, 0.25) is 17.7 Å². The Kier molecular flexibility index (Phi) is 6.74. The molecule has 0 spiro atoms. The number of hydrogen-bond acceptors (Lipinski definition) is 6. The zero-order chi connectivity index (χ0) is 27.3. The predicted octanol–water partition coefficient (Wildman–Crippen LogP) is 5.25. The molecule has 2 aliphatic heterocycles. The zero-order valence-electron chi connectivity index (χ0n) is 20.0. The lowest BCUT2D eigenvalue weighted by molar-refractivity contribution is -0.122. The van der Waals surface area contributed by atoms with Gasteiger partial charge in [0.1, 0.15) is 17.6 Å². The van der Waals surface area contributed by atoms with E-state index in [4.69, 9.17) is 0 Å². The van der Waals surface area contributed by atoms with Crippen molar-refractivity contribution in [3.05, 3.63) is 109 Å². The van der Waals surface area contributed by atoms with Crippen LogP contribution in [0.3, 0.4) is 0 Å². The normalized spacial score (nSPS) is 20.1. The molecule has 2 aliphatic rings. The molecule has 3 heterocycles. The zero-order valence-corrected chi connectivity index (χ0v) is 23.3. The van der Waals surface area contributed by atoms with Gasteiger partial charge in [-0.1, -0.05) is 69.4 Å². The van der Waals surface area contributed by atoms with Gasteiger partial charge in [0.05, 0.1) is 16.6 Å². The molecule has 0 radical (unpaired) electrons. The number of carbonyl (C=O) groups is 3. The van der Waals surface area contributed by atoms with E-state index in [0.29, 0.717) is 21.3 Å². The van der Waals surface area contributed by atoms with Gasteiger partial charge >= 0.3 is 4.87 Å². The van der Waals surface area contributed by atoms with Crippen molar-refractivity contribution in [3.63, 3.8) is 0 Å². The summed E-state index contributed by atoms with van der Waals surface area (Å²) < 4.78 is 15.4. The lowest BCUT2D eigenvalue weighted by Crippen LogP contribution is -2.33. The van der Waals surface area contributed by atoms with E-state index < -0.39 is 28.8 Å². The second-order valence-corrected chi connectivity index (χ2v) is 12.2. The Hall–Kier alpha value is -3.54. The van der Waals surface area contributed by atoms with Crippen molar-refractivity contribution in [3.8, 4) is 0 Å². The van der Waals surface area contributed by atoms with Crippen LogP contribution in [0.5, 0.6) is 0 Å². The topological polar surface area (TPSA) is 88.5 Å². The summed E-state index contributed by atoms with van der Waals surface area (Å²) in [6.07, 6.45) is 0. The van der Waals surface area contributed by atoms with Gasteiger partial charge in [0.25, 0.3) is 0 Å². The van der Waals surface area contributed by atoms with Crippen LogP contribution in [0.25, 0.3) is 0 Å². The number of thioether (sulfide) groups is 1. The smallest absolute Gasteiger partial charge is 0.308 e. The Morgan fingerprint density at radius 2 is 1.62 bits per heavy atom. The summed E-state index contributed by atoms with van der Waals surface area (Å²) >= 11 is 5.53. The minimum absolute atomic E-state index is 0.285. The molecule has 3 aromatic carbocycles. The highest BCUT2D eigenvalue weighted by Gasteiger charge is 2.56. The highest BCUT2D eigenvalue weighted by atomic mass is 79.9.